The smallest absolute Gasteiger partial charge is 0.337 e. The third-order valence-corrected chi connectivity index (χ3v) is 13.1. The second-order valence-electron chi connectivity index (χ2n) is 18.6. The summed E-state index contributed by atoms with van der Waals surface area (Å²) in [5.74, 6) is -0.111. The Morgan fingerprint density at radius 3 is 2.03 bits per heavy atom. The van der Waals surface area contributed by atoms with E-state index in [4.69, 9.17) is 28.9 Å². The molecule has 66 heavy (non-hydrogen) atoms. The van der Waals surface area contributed by atoms with Crippen molar-refractivity contribution < 1.29 is 33.2 Å². The Hall–Kier alpha value is -6.68. The molecular weight excluding hydrogens is 828 g/mol. The lowest BCUT2D eigenvalue weighted by Crippen LogP contribution is -2.28. The maximum Gasteiger partial charge on any atom is 0.337 e. The average molecular weight is 881 g/mol. The van der Waals surface area contributed by atoms with Gasteiger partial charge in [0.1, 0.15) is 23.4 Å². The molecule has 2 aromatic heterocycles. The average Bonchev–Trinajstić information content (AvgIpc) is 3.30. The third-order valence-electron chi connectivity index (χ3n) is 13.1. The quantitative estimate of drug-likeness (QED) is 0.128. The van der Waals surface area contributed by atoms with Crippen molar-refractivity contribution in [3.63, 3.8) is 0 Å². The summed E-state index contributed by atoms with van der Waals surface area (Å²) in [5, 5.41) is 15.9. The van der Waals surface area contributed by atoms with Gasteiger partial charge < -0.3 is 24.1 Å². The molecule has 1 N–H and O–H groups in total. The van der Waals surface area contributed by atoms with Crippen molar-refractivity contribution in [3.8, 4) is 33.8 Å². The Balaban J connectivity index is 1.10. The fourth-order valence-electron chi connectivity index (χ4n) is 10.2. The van der Waals surface area contributed by atoms with Crippen LogP contribution >= 0.6 is 0 Å². The summed E-state index contributed by atoms with van der Waals surface area (Å²) in [7, 11) is 0. The Labute approximate surface area is 384 Å². The van der Waals surface area contributed by atoms with Crippen molar-refractivity contribution in [1.82, 2.24) is 9.97 Å². The Morgan fingerprint density at radius 2 is 1.42 bits per heavy atom. The van der Waals surface area contributed by atoms with Gasteiger partial charge in [-0.25, -0.2) is 9.18 Å². The zero-order chi connectivity index (χ0) is 46.0. The fraction of sp³-hybridized carbons (Fsp3) is 0.281. The maximum atomic E-state index is 17.1. The summed E-state index contributed by atoms with van der Waals surface area (Å²) in [5.41, 5.74) is 11.1. The van der Waals surface area contributed by atoms with Gasteiger partial charge in [0.25, 0.3) is 0 Å². The van der Waals surface area contributed by atoms with Crippen molar-refractivity contribution in [3.05, 3.63) is 154 Å². The van der Waals surface area contributed by atoms with Gasteiger partial charge in [0.2, 0.25) is 0 Å². The second-order valence-corrected chi connectivity index (χ2v) is 18.6. The van der Waals surface area contributed by atoms with Crippen LogP contribution in [0.2, 0.25) is 0 Å². The number of aromatic nitrogens is 2. The molecule has 2 atom stereocenters. The number of hydrogen-bond acceptors (Lipinski definition) is 7. The van der Waals surface area contributed by atoms with Gasteiger partial charge in [0.15, 0.2) is 6.10 Å². The second kappa shape index (κ2) is 17.0. The van der Waals surface area contributed by atoms with E-state index in [1.807, 2.05) is 49.5 Å². The Kier molecular flexibility index (Phi) is 11.1. The van der Waals surface area contributed by atoms with Gasteiger partial charge in [-0.2, -0.15) is 0 Å². The molecule has 0 spiro atoms. The van der Waals surface area contributed by atoms with Crippen molar-refractivity contribution in [2.45, 2.75) is 85.5 Å². The van der Waals surface area contributed by atoms with Gasteiger partial charge in [-0.3, -0.25) is 9.97 Å². The third kappa shape index (κ3) is 7.54. The van der Waals surface area contributed by atoms with Gasteiger partial charge in [0.05, 0.1) is 29.8 Å². The minimum absolute atomic E-state index is 0.212. The van der Waals surface area contributed by atoms with E-state index in [0.717, 1.165) is 90.3 Å². The van der Waals surface area contributed by atoms with Crippen LogP contribution < -0.4 is 9.47 Å². The molecule has 0 saturated heterocycles. The monoisotopic (exact) mass is 880 g/mol. The number of fused-ring (bicyclic) bond motifs is 2. The van der Waals surface area contributed by atoms with Crippen LogP contribution in [-0.2, 0) is 33.5 Å². The van der Waals surface area contributed by atoms with Crippen molar-refractivity contribution in [2.24, 2.45) is 0 Å². The van der Waals surface area contributed by atoms with Crippen LogP contribution in [0.1, 0.15) is 84.4 Å². The molecule has 2 unspecified atom stereocenters. The molecule has 0 bridgehead atoms. The molecule has 334 valence electrons. The standard InChI is InChI=1S/C57H53FN2O6/c1-8-63-43(46-32(3)29-37-14-12-31(2)28-41(37)51(46)40-17-19-45-49-36(23-27-65-45)21-25-60-54(40)49)11-9-10-34-13-15-38-42(30-34)52(58)33(4)47(55(56(61)62)66-57(5,6)7)50(38)39-16-18-44-48-35(22-26-64-44)20-24-59-53(39)48/h9,11-21,24-25,28-30,43,55H,8,10,22-23,26-27H2,1-7H3,(H,61,62). The number of aliphatic carboxylic acids is 1. The highest BCUT2D eigenvalue weighted by Gasteiger charge is 2.34. The number of ether oxygens (including phenoxy) is 4. The molecule has 2 aliphatic heterocycles. The number of carbonyl (C=O) groups is 1. The van der Waals surface area contributed by atoms with Crippen LogP contribution in [0, 0.1) is 26.6 Å². The minimum Gasteiger partial charge on any atom is -0.493 e. The normalized spacial score (nSPS) is 14.5. The Bertz CT molecular complexity index is 3290. The van der Waals surface area contributed by atoms with Crippen LogP contribution in [0.4, 0.5) is 4.39 Å². The lowest BCUT2D eigenvalue weighted by atomic mass is 9.84. The van der Waals surface area contributed by atoms with Gasteiger partial charge in [-0.15, -0.1) is 0 Å². The molecule has 10 rings (SSSR count). The molecule has 8 nitrogen and oxygen atoms in total. The number of carboxylic acids is 1. The van der Waals surface area contributed by atoms with Crippen molar-refractivity contribution in [1.29, 1.82) is 0 Å². The van der Waals surface area contributed by atoms with Crippen LogP contribution in [0.3, 0.4) is 0 Å². The van der Waals surface area contributed by atoms with Gasteiger partial charge in [-0.05, 0) is 158 Å². The summed E-state index contributed by atoms with van der Waals surface area (Å²) in [6.45, 7) is 15.0. The maximum absolute atomic E-state index is 17.1. The summed E-state index contributed by atoms with van der Waals surface area (Å²) in [4.78, 5) is 23.0. The lowest BCUT2D eigenvalue weighted by Gasteiger charge is -2.29. The van der Waals surface area contributed by atoms with Crippen molar-refractivity contribution in [2.75, 3.05) is 19.8 Å². The molecule has 9 heteroatoms. The number of aryl methyl sites for hydroxylation is 2. The van der Waals surface area contributed by atoms with E-state index in [2.05, 4.69) is 68.5 Å². The van der Waals surface area contributed by atoms with E-state index < -0.39 is 29.6 Å². The van der Waals surface area contributed by atoms with Crippen molar-refractivity contribution >= 4 is 49.3 Å². The first-order valence-corrected chi connectivity index (χ1v) is 22.9. The van der Waals surface area contributed by atoms with Gasteiger partial charge in [-0.1, -0.05) is 54.1 Å². The highest BCUT2D eigenvalue weighted by Crippen LogP contribution is 2.48. The number of halogens is 1. The molecule has 6 aromatic carbocycles. The molecule has 0 fully saturated rings. The topological polar surface area (TPSA) is 100 Å². The molecular formula is C57H53FN2O6. The predicted octanol–water partition coefficient (Wildman–Crippen LogP) is 13.2. The molecule has 0 saturated carbocycles. The minimum atomic E-state index is -1.45. The molecule has 0 radical (unpaired) electrons. The first kappa shape index (κ1) is 43.2. The number of pyridine rings is 2. The number of allylic oxidation sites excluding steroid dienone is 1. The van der Waals surface area contributed by atoms with Gasteiger partial charge in [0, 0.05) is 64.7 Å². The summed E-state index contributed by atoms with van der Waals surface area (Å²) >= 11 is 0. The number of carboxylic acid groups (broad SMARTS) is 1. The zero-order valence-electron chi connectivity index (χ0n) is 38.5. The molecule has 8 aromatic rings. The first-order chi connectivity index (χ1) is 31.8. The van der Waals surface area contributed by atoms with Crippen LogP contribution in [0.5, 0.6) is 11.5 Å². The predicted molar refractivity (Wildman–Crippen MR) is 260 cm³/mol. The van der Waals surface area contributed by atoms with E-state index in [1.165, 1.54) is 5.56 Å². The van der Waals surface area contributed by atoms with E-state index in [9.17, 15) is 9.90 Å². The molecule has 4 heterocycles. The molecule has 2 aliphatic rings. The molecule has 0 aliphatic carbocycles. The van der Waals surface area contributed by atoms with E-state index in [-0.39, 0.29) is 11.1 Å². The van der Waals surface area contributed by atoms with E-state index in [0.29, 0.717) is 53.7 Å². The Morgan fingerprint density at radius 1 is 0.788 bits per heavy atom. The first-order valence-electron chi connectivity index (χ1n) is 22.9. The SMILES string of the molecule is CCOC(C=CCc1ccc2c(-c3ccc4c5c(ccnc35)CCO4)c(C(OC(C)(C)C)C(=O)O)c(C)c(F)c2c1)c1c(C)cc2ccc(C)cc2c1-c1ccc2c3c(ccnc13)CCO2. The fourth-order valence-corrected chi connectivity index (χ4v) is 10.2. The van der Waals surface area contributed by atoms with Gasteiger partial charge >= 0.3 is 5.97 Å². The van der Waals surface area contributed by atoms with Crippen LogP contribution in [0.25, 0.3) is 65.6 Å². The van der Waals surface area contributed by atoms with E-state index >= 15 is 4.39 Å². The summed E-state index contributed by atoms with van der Waals surface area (Å²) < 4.78 is 42.2. The highest BCUT2D eigenvalue weighted by atomic mass is 19.1. The largest absolute Gasteiger partial charge is 0.493 e. The van der Waals surface area contributed by atoms with Crippen LogP contribution in [0.15, 0.2) is 103 Å². The number of benzene rings is 6. The zero-order valence-corrected chi connectivity index (χ0v) is 38.5. The lowest BCUT2D eigenvalue weighted by molar-refractivity contribution is -0.160. The van der Waals surface area contributed by atoms with Crippen LogP contribution in [-0.4, -0.2) is 46.5 Å². The summed E-state index contributed by atoms with van der Waals surface area (Å²) in [6, 6.07) is 26.7. The number of rotatable bonds is 11. The molecule has 0 amide bonds. The number of hydrogen-bond donors (Lipinski definition) is 1. The summed E-state index contributed by atoms with van der Waals surface area (Å²) in [6.07, 6.45) is 8.06. The highest BCUT2D eigenvalue weighted by molar-refractivity contribution is 6.10. The van der Waals surface area contributed by atoms with E-state index in [1.54, 1.807) is 33.9 Å². The number of nitrogens with zero attached hydrogens (tertiary/aromatic N) is 2.